The van der Waals surface area contributed by atoms with Gasteiger partial charge < -0.3 is 4.42 Å². The number of aromatic nitrogens is 3. The van der Waals surface area contributed by atoms with Crippen molar-refractivity contribution in [3.05, 3.63) is 77.1 Å². The molecule has 0 aliphatic heterocycles. The number of fused-ring (bicyclic) bond motifs is 3. The van der Waals surface area contributed by atoms with Crippen LogP contribution in [0.15, 0.2) is 59.0 Å². The molecule has 0 atom stereocenters. The van der Waals surface area contributed by atoms with Gasteiger partial charge in [-0.2, -0.15) is 0 Å². The molecule has 0 N–H and O–H groups in total. The first-order chi connectivity index (χ1) is 15.8. The van der Waals surface area contributed by atoms with Crippen LogP contribution in [0.1, 0.15) is 62.2 Å². The highest BCUT2D eigenvalue weighted by molar-refractivity contribution is 6.09. The van der Waals surface area contributed by atoms with Crippen LogP contribution in [0.25, 0.3) is 39.0 Å². The molecule has 0 fully saturated rings. The first kappa shape index (κ1) is 21.4. The van der Waals surface area contributed by atoms with Crippen LogP contribution in [-0.2, 0) is 0 Å². The van der Waals surface area contributed by atoms with Crippen molar-refractivity contribution in [1.29, 1.82) is 0 Å². The van der Waals surface area contributed by atoms with Crippen LogP contribution in [0.2, 0.25) is 0 Å². The van der Waals surface area contributed by atoms with E-state index in [-0.39, 0.29) is 6.04 Å². The Morgan fingerprint density at radius 1 is 0.818 bits per heavy atom. The van der Waals surface area contributed by atoms with Crippen LogP contribution < -0.4 is 4.57 Å². The molecule has 0 aliphatic rings. The van der Waals surface area contributed by atoms with E-state index in [2.05, 4.69) is 106 Å². The summed E-state index contributed by atoms with van der Waals surface area (Å²) >= 11 is 0. The molecule has 168 valence electrons. The molecule has 0 radical (unpaired) electrons. The molecule has 5 aromatic rings. The second-order valence-corrected chi connectivity index (χ2v) is 9.65. The zero-order chi connectivity index (χ0) is 23.4. The summed E-state index contributed by atoms with van der Waals surface area (Å²) < 4.78 is 11.1. The van der Waals surface area contributed by atoms with Crippen molar-refractivity contribution >= 4 is 21.9 Å². The maximum atomic E-state index is 6.57. The summed E-state index contributed by atoms with van der Waals surface area (Å²) in [6.07, 6.45) is 0. The van der Waals surface area contributed by atoms with Crippen LogP contribution in [0.5, 0.6) is 0 Å². The van der Waals surface area contributed by atoms with Gasteiger partial charge in [-0.25, -0.2) is 4.57 Å². The Hall–Kier alpha value is -3.40. The molecule has 2 heterocycles. The molecule has 0 amide bonds. The number of rotatable bonds is 4. The van der Waals surface area contributed by atoms with Crippen molar-refractivity contribution in [1.82, 2.24) is 9.78 Å². The molecule has 2 aromatic heterocycles. The van der Waals surface area contributed by atoms with Crippen molar-refractivity contribution < 1.29 is 8.98 Å². The van der Waals surface area contributed by atoms with Crippen LogP contribution >= 0.6 is 0 Å². The van der Waals surface area contributed by atoms with Gasteiger partial charge in [-0.15, -0.1) is 0 Å². The minimum Gasteiger partial charge on any atom is -0.455 e. The van der Waals surface area contributed by atoms with Crippen LogP contribution in [0.3, 0.4) is 0 Å². The van der Waals surface area contributed by atoms with Gasteiger partial charge in [0, 0.05) is 22.8 Å². The number of benzene rings is 3. The predicted molar refractivity (Wildman–Crippen MR) is 135 cm³/mol. The molecular formula is C29H32N3O+. The number of furan rings is 1. The molecule has 5 rings (SSSR count). The first-order valence-corrected chi connectivity index (χ1v) is 11.8. The Kier molecular flexibility index (Phi) is 5.12. The number of aryl methyl sites for hydroxylation is 3. The van der Waals surface area contributed by atoms with Crippen LogP contribution in [0.4, 0.5) is 0 Å². The molecule has 0 spiro atoms. The van der Waals surface area contributed by atoms with E-state index in [1.54, 1.807) is 0 Å². The molecule has 0 unspecified atom stereocenters. The summed E-state index contributed by atoms with van der Waals surface area (Å²) in [5, 5.41) is 7.39. The van der Waals surface area contributed by atoms with E-state index in [4.69, 9.17) is 9.52 Å². The van der Waals surface area contributed by atoms with E-state index in [9.17, 15) is 0 Å². The third-order valence-corrected chi connectivity index (χ3v) is 6.61. The fourth-order valence-electron chi connectivity index (χ4n) is 5.15. The first-order valence-electron chi connectivity index (χ1n) is 11.8. The van der Waals surface area contributed by atoms with E-state index in [0.717, 1.165) is 44.8 Å². The standard InChI is InChI=1S/C29H32N3O/c1-17(2)22-15-16-24-23-13-8-9-14-25(23)33-28(24)26(22)29-31(18(3)4)21(7)30-32(29)27-19(5)11-10-12-20(27)6/h8-18H,1-7H3/q+1. The maximum absolute atomic E-state index is 6.57. The van der Waals surface area contributed by atoms with Crippen molar-refractivity contribution in [3.8, 4) is 17.1 Å². The monoisotopic (exact) mass is 438 g/mol. The Morgan fingerprint density at radius 3 is 2.18 bits per heavy atom. The number of hydrogen-bond acceptors (Lipinski definition) is 2. The third-order valence-electron chi connectivity index (χ3n) is 6.61. The molecule has 4 heteroatoms. The second kappa shape index (κ2) is 7.87. The lowest BCUT2D eigenvalue weighted by Gasteiger charge is -2.15. The lowest BCUT2D eigenvalue weighted by Crippen LogP contribution is -2.40. The summed E-state index contributed by atoms with van der Waals surface area (Å²) in [4.78, 5) is 0. The van der Waals surface area contributed by atoms with Gasteiger partial charge in [-0.3, -0.25) is 0 Å². The summed E-state index contributed by atoms with van der Waals surface area (Å²) in [6.45, 7) is 15.4. The normalized spacial score (nSPS) is 12.0. The van der Waals surface area contributed by atoms with Gasteiger partial charge in [0.05, 0.1) is 11.6 Å². The van der Waals surface area contributed by atoms with Gasteiger partial charge >= 0.3 is 0 Å². The van der Waals surface area contributed by atoms with E-state index in [1.807, 2.05) is 6.07 Å². The lowest BCUT2D eigenvalue weighted by atomic mass is 9.94. The van der Waals surface area contributed by atoms with Crippen molar-refractivity contribution in [2.45, 2.75) is 60.4 Å². The van der Waals surface area contributed by atoms with Gasteiger partial charge in [0.15, 0.2) is 0 Å². The molecule has 0 saturated heterocycles. The van der Waals surface area contributed by atoms with Gasteiger partial charge in [0.25, 0.3) is 11.6 Å². The molecular weight excluding hydrogens is 406 g/mol. The van der Waals surface area contributed by atoms with Gasteiger partial charge in [-0.05, 0) is 56.4 Å². The van der Waals surface area contributed by atoms with Crippen molar-refractivity contribution in [2.75, 3.05) is 0 Å². The topological polar surface area (TPSA) is 34.8 Å². The summed E-state index contributed by atoms with van der Waals surface area (Å²) in [6, 6.07) is 19.5. The molecule has 3 aromatic carbocycles. The zero-order valence-electron chi connectivity index (χ0n) is 20.6. The van der Waals surface area contributed by atoms with Crippen LogP contribution in [-0.4, -0.2) is 9.78 Å². The molecule has 33 heavy (non-hydrogen) atoms. The smallest absolute Gasteiger partial charge is 0.278 e. The number of nitrogens with zero attached hydrogens (tertiary/aromatic N) is 3. The highest BCUT2D eigenvalue weighted by Crippen LogP contribution is 2.40. The summed E-state index contributed by atoms with van der Waals surface area (Å²) in [5.41, 5.74) is 7.80. The second-order valence-electron chi connectivity index (χ2n) is 9.65. The van der Waals surface area contributed by atoms with Crippen LogP contribution in [0, 0.1) is 20.8 Å². The Morgan fingerprint density at radius 2 is 1.52 bits per heavy atom. The van der Waals surface area contributed by atoms with Crippen molar-refractivity contribution in [2.24, 2.45) is 0 Å². The molecule has 0 bridgehead atoms. The summed E-state index contributed by atoms with van der Waals surface area (Å²) in [7, 11) is 0. The fraction of sp³-hybridized carbons (Fsp3) is 0.310. The highest BCUT2D eigenvalue weighted by Gasteiger charge is 2.34. The highest BCUT2D eigenvalue weighted by atomic mass is 16.3. The number of para-hydroxylation sites is 2. The average molecular weight is 439 g/mol. The third kappa shape index (κ3) is 3.28. The van der Waals surface area contributed by atoms with Gasteiger partial charge in [0.1, 0.15) is 16.9 Å². The zero-order valence-corrected chi connectivity index (χ0v) is 20.6. The molecule has 4 nitrogen and oxygen atoms in total. The summed E-state index contributed by atoms with van der Waals surface area (Å²) in [5.74, 6) is 2.40. The minimum atomic E-state index is 0.248. The minimum absolute atomic E-state index is 0.248. The molecule has 0 saturated carbocycles. The van der Waals surface area contributed by atoms with Crippen molar-refractivity contribution in [3.63, 3.8) is 0 Å². The average Bonchev–Trinajstić information content (AvgIpc) is 3.30. The maximum Gasteiger partial charge on any atom is 0.278 e. The van der Waals surface area contributed by atoms with E-state index < -0.39 is 0 Å². The van der Waals surface area contributed by atoms with E-state index in [0.29, 0.717) is 5.92 Å². The largest absolute Gasteiger partial charge is 0.455 e. The SMILES string of the molecule is Cc1cccc(C)c1-n1nc(C)[n+](C(C)C)c1-c1c(C(C)C)ccc2c1oc1ccccc12. The van der Waals surface area contributed by atoms with E-state index in [1.165, 1.54) is 16.7 Å². The molecule has 0 aliphatic carbocycles. The fourth-order valence-corrected chi connectivity index (χ4v) is 5.15. The Labute approximate surface area is 195 Å². The number of hydrogen-bond donors (Lipinski definition) is 0. The van der Waals surface area contributed by atoms with E-state index >= 15 is 0 Å². The Balaban J connectivity index is 2.00. The van der Waals surface area contributed by atoms with Gasteiger partial charge in [-0.1, -0.05) is 67.1 Å². The lowest BCUT2D eigenvalue weighted by molar-refractivity contribution is -0.711. The van der Waals surface area contributed by atoms with Gasteiger partial charge in [0.2, 0.25) is 0 Å². The quantitative estimate of drug-likeness (QED) is 0.275. The predicted octanol–water partition coefficient (Wildman–Crippen LogP) is 7.36. The Bertz CT molecular complexity index is 1480.